The van der Waals surface area contributed by atoms with E-state index in [9.17, 15) is 13.2 Å². The number of hydrogen-bond donors (Lipinski definition) is 1. The molecule has 0 unspecified atom stereocenters. The molecule has 0 spiro atoms. The van der Waals surface area contributed by atoms with E-state index in [-0.39, 0.29) is 5.69 Å². The summed E-state index contributed by atoms with van der Waals surface area (Å²) in [5.41, 5.74) is 2.35. The number of hydrazone groups is 1. The van der Waals surface area contributed by atoms with Crippen LogP contribution < -0.4 is 5.43 Å². The van der Waals surface area contributed by atoms with Crippen LogP contribution in [0.1, 0.15) is 17.4 Å². The fourth-order valence-corrected chi connectivity index (χ4v) is 2.19. The molecule has 0 fully saturated rings. The largest absolute Gasteiger partial charge is 0.418 e. The van der Waals surface area contributed by atoms with E-state index in [4.69, 9.17) is 0 Å². The number of nitrogens with one attached hydrogen (secondary N) is 1. The molecule has 1 heterocycles. The summed E-state index contributed by atoms with van der Waals surface area (Å²) >= 11 is 1.48. The Morgan fingerprint density at radius 3 is 2.53 bits per heavy atom. The Hall–Kier alpha value is -1.82. The van der Waals surface area contributed by atoms with E-state index >= 15 is 0 Å². The van der Waals surface area contributed by atoms with Gasteiger partial charge in [0.25, 0.3) is 0 Å². The van der Waals surface area contributed by atoms with Gasteiger partial charge in [0.05, 0.1) is 17.0 Å². The first-order valence-corrected chi connectivity index (χ1v) is 6.37. The van der Waals surface area contributed by atoms with Crippen molar-refractivity contribution in [2.75, 3.05) is 5.43 Å². The number of halogens is 3. The first kappa shape index (κ1) is 13.6. The summed E-state index contributed by atoms with van der Waals surface area (Å²) in [6, 6.07) is 8.99. The topological polar surface area (TPSA) is 24.4 Å². The van der Waals surface area contributed by atoms with Crippen molar-refractivity contribution in [3.05, 3.63) is 52.2 Å². The Kier molecular flexibility index (Phi) is 3.90. The van der Waals surface area contributed by atoms with E-state index < -0.39 is 11.7 Å². The fourth-order valence-electron chi connectivity index (χ4n) is 1.51. The Morgan fingerprint density at radius 2 is 1.89 bits per heavy atom. The van der Waals surface area contributed by atoms with Crippen LogP contribution >= 0.6 is 11.3 Å². The van der Waals surface area contributed by atoms with Crippen molar-refractivity contribution < 1.29 is 13.2 Å². The van der Waals surface area contributed by atoms with Crippen molar-refractivity contribution >= 4 is 22.7 Å². The van der Waals surface area contributed by atoms with Crippen LogP contribution in [-0.2, 0) is 6.18 Å². The van der Waals surface area contributed by atoms with Gasteiger partial charge in [-0.3, -0.25) is 5.43 Å². The number of rotatable bonds is 3. The lowest BCUT2D eigenvalue weighted by molar-refractivity contribution is -0.136. The summed E-state index contributed by atoms with van der Waals surface area (Å²) in [6.45, 7) is 1.75. The maximum Gasteiger partial charge on any atom is 0.418 e. The maximum absolute atomic E-state index is 12.8. The molecule has 0 amide bonds. The van der Waals surface area contributed by atoms with Crippen LogP contribution in [0.2, 0.25) is 0 Å². The van der Waals surface area contributed by atoms with Crippen molar-refractivity contribution in [2.24, 2.45) is 5.10 Å². The zero-order valence-electron chi connectivity index (χ0n) is 10.0. The Bertz CT molecular complexity index is 574. The number of hydrogen-bond acceptors (Lipinski definition) is 3. The van der Waals surface area contributed by atoms with Gasteiger partial charge in [0.1, 0.15) is 0 Å². The normalized spacial score (nSPS) is 12.5. The van der Waals surface area contributed by atoms with Crippen LogP contribution in [-0.4, -0.2) is 5.71 Å². The molecule has 0 saturated heterocycles. The highest BCUT2D eigenvalue weighted by molar-refractivity contribution is 7.12. The number of thiophene rings is 1. The quantitative estimate of drug-likeness (QED) is 0.646. The van der Waals surface area contributed by atoms with E-state index in [1.807, 2.05) is 17.5 Å². The Morgan fingerprint density at radius 1 is 1.16 bits per heavy atom. The van der Waals surface area contributed by atoms with Gasteiger partial charge in [0.2, 0.25) is 0 Å². The Labute approximate surface area is 112 Å². The second kappa shape index (κ2) is 5.44. The smallest absolute Gasteiger partial charge is 0.278 e. The van der Waals surface area contributed by atoms with Gasteiger partial charge in [-0.15, -0.1) is 11.3 Å². The molecule has 100 valence electrons. The molecule has 1 aromatic carbocycles. The molecule has 2 rings (SSSR count). The second-order valence-corrected chi connectivity index (χ2v) is 4.78. The van der Waals surface area contributed by atoms with Gasteiger partial charge in [-0.2, -0.15) is 18.3 Å². The minimum absolute atomic E-state index is 0.0501. The molecule has 19 heavy (non-hydrogen) atoms. The van der Waals surface area contributed by atoms with E-state index in [0.29, 0.717) is 5.71 Å². The molecule has 0 aliphatic rings. The number of nitrogens with zero attached hydrogens (tertiary/aromatic N) is 1. The van der Waals surface area contributed by atoms with E-state index in [1.54, 1.807) is 6.92 Å². The molecule has 0 saturated carbocycles. The molecule has 0 radical (unpaired) electrons. The highest BCUT2D eigenvalue weighted by Gasteiger charge is 2.33. The van der Waals surface area contributed by atoms with Crippen molar-refractivity contribution in [3.8, 4) is 0 Å². The third-order valence-corrected chi connectivity index (χ3v) is 3.43. The average Bonchev–Trinajstić information content (AvgIpc) is 2.89. The predicted octanol–water partition coefficient (Wildman–Crippen LogP) is 4.60. The standard InChI is InChI=1S/C13H11F3N2S/c1-9(12-7-4-8-19-12)17-18-11-6-3-2-5-10(11)13(14,15)16/h2-8,18H,1H3/b17-9-. The molecule has 0 aliphatic carbocycles. The zero-order valence-corrected chi connectivity index (χ0v) is 10.8. The molecule has 1 aromatic heterocycles. The van der Waals surface area contributed by atoms with Gasteiger partial charge < -0.3 is 0 Å². The first-order chi connectivity index (χ1) is 8.98. The summed E-state index contributed by atoms with van der Waals surface area (Å²) in [5.74, 6) is 0. The zero-order chi connectivity index (χ0) is 13.9. The van der Waals surface area contributed by atoms with Gasteiger partial charge in [-0.05, 0) is 30.5 Å². The lowest BCUT2D eigenvalue weighted by Gasteiger charge is -2.11. The molecular weight excluding hydrogens is 273 g/mol. The molecule has 6 heteroatoms. The molecule has 0 bridgehead atoms. The van der Waals surface area contributed by atoms with Gasteiger partial charge >= 0.3 is 6.18 Å². The second-order valence-electron chi connectivity index (χ2n) is 3.83. The lowest BCUT2D eigenvalue weighted by Crippen LogP contribution is -2.09. The number of para-hydroxylation sites is 1. The van der Waals surface area contributed by atoms with Crippen LogP contribution in [0.5, 0.6) is 0 Å². The van der Waals surface area contributed by atoms with Crippen LogP contribution in [0.4, 0.5) is 18.9 Å². The molecule has 1 N–H and O–H groups in total. The summed E-state index contributed by atoms with van der Waals surface area (Å²) in [7, 11) is 0. The van der Waals surface area contributed by atoms with Gasteiger partial charge in [0, 0.05) is 4.88 Å². The highest BCUT2D eigenvalue weighted by Crippen LogP contribution is 2.34. The molecular formula is C13H11F3N2S. The molecule has 2 nitrogen and oxygen atoms in total. The number of anilines is 1. The van der Waals surface area contributed by atoms with Crippen LogP contribution in [0, 0.1) is 0 Å². The number of alkyl halides is 3. The van der Waals surface area contributed by atoms with Crippen molar-refractivity contribution in [1.82, 2.24) is 0 Å². The van der Waals surface area contributed by atoms with Crippen LogP contribution in [0.25, 0.3) is 0 Å². The van der Waals surface area contributed by atoms with Gasteiger partial charge in [-0.25, -0.2) is 0 Å². The third-order valence-electron chi connectivity index (χ3n) is 2.45. The van der Waals surface area contributed by atoms with E-state index in [1.165, 1.54) is 29.5 Å². The van der Waals surface area contributed by atoms with Crippen molar-refractivity contribution in [3.63, 3.8) is 0 Å². The third kappa shape index (κ3) is 3.35. The van der Waals surface area contributed by atoms with Crippen molar-refractivity contribution in [1.29, 1.82) is 0 Å². The first-order valence-electron chi connectivity index (χ1n) is 5.49. The minimum atomic E-state index is -4.39. The lowest BCUT2D eigenvalue weighted by atomic mass is 10.2. The molecule has 0 atom stereocenters. The summed E-state index contributed by atoms with van der Waals surface area (Å²) in [6.07, 6.45) is -4.39. The summed E-state index contributed by atoms with van der Waals surface area (Å²) in [5, 5.41) is 5.88. The SMILES string of the molecule is C/C(=N/Nc1ccccc1C(F)(F)F)c1cccs1. The minimum Gasteiger partial charge on any atom is -0.278 e. The van der Waals surface area contributed by atoms with Gasteiger partial charge in [-0.1, -0.05) is 18.2 Å². The Balaban J connectivity index is 2.23. The fraction of sp³-hybridized carbons (Fsp3) is 0.154. The average molecular weight is 284 g/mol. The van der Waals surface area contributed by atoms with Crippen LogP contribution in [0.3, 0.4) is 0 Å². The molecule has 0 aliphatic heterocycles. The summed E-state index contributed by atoms with van der Waals surface area (Å²) < 4.78 is 38.3. The molecule has 2 aromatic rings. The predicted molar refractivity (Wildman–Crippen MR) is 71.6 cm³/mol. The van der Waals surface area contributed by atoms with Gasteiger partial charge in [0.15, 0.2) is 0 Å². The van der Waals surface area contributed by atoms with E-state index in [0.717, 1.165) is 10.9 Å². The van der Waals surface area contributed by atoms with Crippen LogP contribution in [0.15, 0.2) is 46.9 Å². The van der Waals surface area contributed by atoms with Crippen molar-refractivity contribution in [2.45, 2.75) is 13.1 Å². The van der Waals surface area contributed by atoms with E-state index in [2.05, 4.69) is 10.5 Å². The monoisotopic (exact) mass is 284 g/mol. The summed E-state index contributed by atoms with van der Waals surface area (Å²) in [4.78, 5) is 0.914. The number of benzene rings is 1. The maximum atomic E-state index is 12.8. The highest BCUT2D eigenvalue weighted by atomic mass is 32.1.